The van der Waals surface area contributed by atoms with E-state index in [0.717, 1.165) is 11.7 Å². The summed E-state index contributed by atoms with van der Waals surface area (Å²) in [5.74, 6) is 2.15. The van der Waals surface area contributed by atoms with Crippen molar-refractivity contribution in [1.29, 1.82) is 0 Å². The van der Waals surface area contributed by atoms with Crippen LogP contribution >= 0.6 is 11.8 Å². The van der Waals surface area contributed by atoms with Gasteiger partial charge in [0, 0.05) is 42.5 Å². The second-order valence-corrected chi connectivity index (χ2v) is 8.80. The Balaban J connectivity index is 1.20. The van der Waals surface area contributed by atoms with Gasteiger partial charge in [0.05, 0.1) is 12.7 Å². The Hall–Kier alpha value is -0.580. The van der Waals surface area contributed by atoms with E-state index in [1.54, 1.807) is 0 Å². The lowest BCUT2D eigenvalue weighted by Crippen LogP contribution is -2.59. The Labute approximate surface area is 137 Å². The minimum atomic E-state index is 0.429. The van der Waals surface area contributed by atoms with E-state index in [9.17, 15) is 0 Å². The standard InChI is InChI=1S/C18H26N2OS/c1-2-5-15(4-1)10-20-13-18(14-20)8-17(12-22-18)21-11-16-6-3-7-19-9-16/h3,6-7,9,15,17H,1-2,4-5,8,10-14H2. The molecule has 0 aromatic carbocycles. The molecule has 2 aliphatic heterocycles. The van der Waals surface area contributed by atoms with Gasteiger partial charge in [0.25, 0.3) is 0 Å². The minimum absolute atomic E-state index is 0.429. The zero-order chi connectivity index (χ0) is 14.8. The molecule has 1 saturated carbocycles. The third-order valence-electron chi connectivity index (χ3n) is 5.40. The van der Waals surface area contributed by atoms with Crippen molar-refractivity contribution in [2.45, 2.75) is 49.6 Å². The fourth-order valence-electron chi connectivity index (χ4n) is 4.28. The highest BCUT2D eigenvalue weighted by molar-refractivity contribution is 8.01. The van der Waals surface area contributed by atoms with Crippen LogP contribution in [0.3, 0.4) is 0 Å². The van der Waals surface area contributed by atoms with Gasteiger partial charge >= 0.3 is 0 Å². The smallest absolute Gasteiger partial charge is 0.0736 e. The van der Waals surface area contributed by atoms with Crippen molar-refractivity contribution in [2.24, 2.45) is 5.92 Å². The van der Waals surface area contributed by atoms with E-state index >= 15 is 0 Å². The van der Waals surface area contributed by atoms with Crippen molar-refractivity contribution in [1.82, 2.24) is 9.88 Å². The van der Waals surface area contributed by atoms with Crippen LogP contribution in [0, 0.1) is 5.92 Å². The molecule has 22 heavy (non-hydrogen) atoms. The topological polar surface area (TPSA) is 25.4 Å². The summed E-state index contributed by atoms with van der Waals surface area (Å²) in [5, 5.41) is 0. The largest absolute Gasteiger partial charge is 0.373 e. The molecule has 2 saturated heterocycles. The van der Waals surface area contributed by atoms with Crippen molar-refractivity contribution in [3.63, 3.8) is 0 Å². The maximum Gasteiger partial charge on any atom is 0.0736 e. The molecule has 0 radical (unpaired) electrons. The predicted molar refractivity (Wildman–Crippen MR) is 91.0 cm³/mol. The van der Waals surface area contributed by atoms with Gasteiger partial charge in [0.15, 0.2) is 0 Å². The zero-order valence-corrected chi connectivity index (χ0v) is 14.1. The Morgan fingerprint density at radius 2 is 2.18 bits per heavy atom. The van der Waals surface area contributed by atoms with Crippen LogP contribution in [0.15, 0.2) is 24.5 Å². The number of rotatable bonds is 5. The lowest BCUT2D eigenvalue weighted by atomic mass is 9.91. The van der Waals surface area contributed by atoms with E-state index in [1.165, 1.54) is 57.3 Å². The Morgan fingerprint density at radius 3 is 2.95 bits per heavy atom. The van der Waals surface area contributed by atoms with Crippen molar-refractivity contribution in [2.75, 3.05) is 25.4 Å². The maximum atomic E-state index is 6.11. The van der Waals surface area contributed by atoms with Crippen LogP contribution in [0.4, 0.5) is 0 Å². The molecule has 1 aromatic heterocycles. The summed E-state index contributed by atoms with van der Waals surface area (Å²) in [4.78, 5) is 6.84. The molecule has 3 aliphatic rings. The number of hydrogen-bond acceptors (Lipinski definition) is 4. The van der Waals surface area contributed by atoms with Gasteiger partial charge in [-0.3, -0.25) is 4.98 Å². The fraction of sp³-hybridized carbons (Fsp3) is 0.722. The summed E-state index contributed by atoms with van der Waals surface area (Å²) in [5.41, 5.74) is 1.19. The first-order valence-corrected chi connectivity index (χ1v) is 9.67. The number of ether oxygens (including phenoxy) is 1. The normalized spacial score (nSPS) is 28.3. The molecule has 0 amide bonds. The molecule has 4 heteroatoms. The molecule has 1 aromatic rings. The van der Waals surface area contributed by atoms with E-state index in [-0.39, 0.29) is 0 Å². The van der Waals surface area contributed by atoms with E-state index in [2.05, 4.69) is 27.7 Å². The molecule has 1 unspecified atom stereocenters. The number of aromatic nitrogens is 1. The molecule has 1 spiro atoms. The molecule has 1 aliphatic carbocycles. The third-order valence-corrected chi connectivity index (χ3v) is 6.97. The monoisotopic (exact) mass is 318 g/mol. The molecule has 3 heterocycles. The molecule has 3 fully saturated rings. The number of likely N-dealkylation sites (tertiary alicyclic amines) is 1. The van der Waals surface area contributed by atoms with Crippen LogP contribution in [0.1, 0.15) is 37.7 Å². The summed E-state index contributed by atoms with van der Waals surface area (Å²) in [7, 11) is 0. The first-order chi connectivity index (χ1) is 10.8. The highest BCUT2D eigenvalue weighted by Crippen LogP contribution is 2.46. The number of nitrogens with zero attached hydrogens (tertiary/aromatic N) is 2. The average Bonchev–Trinajstić information content (AvgIpc) is 3.16. The molecule has 0 bridgehead atoms. The van der Waals surface area contributed by atoms with E-state index in [4.69, 9.17) is 4.74 Å². The third kappa shape index (κ3) is 3.34. The van der Waals surface area contributed by atoms with Gasteiger partial charge in [0.2, 0.25) is 0 Å². The zero-order valence-electron chi connectivity index (χ0n) is 13.2. The summed E-state index contributed by atoms with van der Waals surface area (Å²) < 4.78 is 6.62. The summed E-state index contributed by atoms with van der Waals surface area (Å²) in [6, 6.07) is 4.08. The van der Waals surface area contributed by atoms with Gasteiger partial charge in [-0.05, 0) is 36.8 Å². The van der Waals surface area contributed by atoms with E-state index in [1.807, 2.05) is 18.5 Å². The fourth-order valence-corrected chi connectivity index (χ4v) is 5.89. The highest BCUT2D eigenvalue weighted by Gasteiger charge is 2.49. The van der Waals surface area contributed by atoms with Crippen molar-refractivity contribution in [3.8, 4) is 0 Å². The first-order valence-electron chi connectivity index (χ1n) is 8.68. The van der Waals surface area contributed by atoms with Crippen LogP contribution < -0.4 is 0 Å². The van der Waals surface area contributed by atoms with Gasteiger partial charge in [-0.2, -0.15) is 0 Å². The van der Waals surface area contributed by atoms with Crippen molar-refractivity contribution >= 4 is 11.8 Å². The van der Waals surface area contributed by atoms with Gasteiger partial charge in [-0.25, -0.2) is 0 Å². The van der Waals surface area contributed by atoms with Gasteiger partial charge in [-0.1, -0.05) is 18.9 Å². The van der Waals surface area contributed by atoms with Gasteiger partial charge in [0.1, 0.15) is 0 Å². The van der Waals surface area contributed by atoms with Gasteiger partial charge in [-0.15, -0.1) is 11.8 Å². The number of pyridine rings is 1. The molecule has 120 valence electrons. The van der Waals surface area contributed by atoms with E-state index in [0.29, 0.717) is 17.5 Å². The predicted octanol–water partition coefficient (Wildman–Crippen LogP) is 3.35. The molecule has 0 N–H and O–H groups in total. The van der Waals surface area contributed by atoms with Crippen molar-refractivity contribution < 1.29 is 4.74 Å². The lowest BCUT2D eigenvalue weighted by Gasteiger charge is -2.48. The average molecular weight is 318 g/mol. The Morgan fingerprint density at radius 1 is 1.32 bits per heavy atom. The Bertz CT molecular complexity index is 483. The molecular weight excluding hydrogens is 292 g/mol. The number of hydrogen-bond donors (Lipinski definition) is 0. The summed E-state index contributed by atoms with van der Waals surface area (Å²) >= 11 is 2.15. The second-order valence-electron chi connectivity index (χ2n) is 7.31. The Kier molecular flexibility index (Phi) is 4.43. The quantitative estimate of drug-likeness (QED) is 0.831. The van der Waals surface area contributed by atoms with Crippen LogP contribution in [0.2, 0.25) is 0 Å². The van der Waals surface area contributed by atoms with Crippen LogP contribution in [-0.2, 0) is 11.3 Å². The number of thioether (sulfide) groups is 1. The second kappa shape index (κ2) is 6.50. The van der Waals surface area contributed by atoms with Crippen LogP contribution in [-0.4, -0.2) is 46.1 Å². The molecule has 1 atom stereocenters. The lowest BCUT2D eigenvalue weighted by molar-refractivity contribution is 0.0248. The first kappa shape index (κ1) is 15.0. The van der Waals surface area contributed by atoms with Crippen LogP contribution in [0.5, 0.6) is 0 Å². The molecule has 4 rings (SSSR count). The summed E-state index contributed by atoms with van der Waals surface area (Å²) in [6.07, 6.45) is 11.2. The molecular formula is C18H26N2OS. The maximum absolute atomic E-state index is 6.11. The van der Waals surface area contributed by atoms with E-state index < -0.39 is 0 Å². The van der Waals surface area contributed by atoms with Crippen LogP contribution in [0.25, 0.3) is 0 Å². The van der Waals surface area contributed by atoms with Crippen molar-refractivity contribution in [3.05, 3.63) is 30.1 Å². The van der Waals surface area contributed by atoms with Gasteiger partial charge < -0.3 is 9.64 Å². The minimum Gasteiger partial charge on any atom is -0.373 e. The summed E-state index contributed by atoms with van der Waals surface area (Å²) in [6.45, 7) is 4.65. The SMILES string of the molecule is c1cncc(COC2CSC3(C2)CN(CC2CCCC2)C3)c1. The molecule has 3 nitrogen and oxygen atoms in total. The highest BCUT2D eigenvalue weighted by atomic mass is 32.2.